The van der Waals surface area contributed by atoms with Crippen LogP contribution in [0, 0.1) is 11.3 Å². The van der Waals surface area contributed by atoms with Crippen LogP contribution in [-0.2, 0) is 14.8 Å². The van der Waals surface area contributed by atoms with Gasteiger partial charge in [0.15, 0.2) is 0 Å². The first-order valence-electron chi connectivity index (χ1n) is 7.45. The molecule has 0 aromatic rings. The molecule has 1 heterocycles. The van der Waals surface area contributed by atoms with Gasteiger partial charge in [0, 0.05) is 6.54 Å². The molecule has 120 valence electrons. The standard InChI is InChI=1S/C15H25NO4S/c1-11-7-8-14(2,3)10-15(11,4)21(19,20)16-9-5-6-12(16)13(17)18/h7-8,11-12H,5-6,9-10H2,1-4H3,(H,17,18)/t11?,12-,15?/m1/s1. The maximum absolute atomic E-state index is 13.2. The molecule has 0 aromatic heterocycles. The lowest BCUT2D eigenvalue weighted by atomic mass is 9.73. The summed E-state index contributed by atoms with van der Waals surface area (Å²) in [7, 11) is -3.67. The fourth-order valence-electron chi connectivity index (χ4n) is 3.60. The Balaban J connectivity index is 2.43. The van der Waals surface area contributed by atoms with E-state index in [4.69, 9.17) is 0 Å². The van der Waals surface area contributed by atoms with E-state index in [9.17, 15) is 18.3 Å². The van der Waals surface area contributed by atoms with Crippen molar-refractivity contribution in [2.45, 2.75) is 57.7 Å². The molecule has 0 radical (unpaired) electrons. The van der Waals surface area contributed by atoms with Crippen LogP contribution in [0.5, 0.6) is 0 Å². The lowest BCUT2D eigenvalue weighted by Crippen LogP contribution is -2.55. The van der Waals surface area contributed by atoms with Crippen molar-refractivity contribution in [3.8, 4) is 0 Å². The average Bonchev–Trinajstić information content (AvgIpc) is 2.83. The van der Waals surface area contributed by atoms with Crippen molar-refractivity contribution in [2.24, 2.45) is 11.3 Å². The van der Waals surface area contributed by atoms with Gasteiger partial charge in [-0.25, -0.2) is 8.42 Å². The van der Waals surface area contributed by atoms with Crippen LogP contribution in [0.4, 0.5) is 0 Å². The number of hydrogen-bond donors (Lipinski definition) is 1. The van der Waals surface area contributed by atoms with Crippen molar-refractivity contribution in [3.63, 3.8) is 0 Å². The van der Waals surface area contributed by atoms with Crippen molar-refractivity contribution in [3.05, 3.63) is 12.2 Å². The topological polar surface area (TPSA) is 74.7 Å². The number of carbonyl (C=O) groups is 1. The van der Waals surface area contributed by atoms with E-state index >= 15 is 0 Å². The zero-order valence-electron chi connectivity index (χ0n) is 13.2. The fourth-order valence-corrected chi connectivity index (χ4v) is 6.14. The predicted octanol–water partition coefficient (Wildman–Crippen LogP) is 2.25. The third-order valence-corrected chi connectivity index (χ3v) is 7.74. The van der Waals surface area contributed by atoms with Crippen LogP contribution in [0.2, 0.25) is 0 Å². The summed E-state index contributed by atoms with van der Waals surface area (Å²) in [6.45, 7) is 8.00. The Morgan fingerprint density at radius 1 is 1.33 bits per heavy atom. The molecule has 6 heteroatoms. The van der Waals surface area contributed by atoms with Gasteiger partial charge >= 0.3 is 5.97 Å². The lowest BCUT2D eigenvalue weighted by molar-refractivity contribution is -0.140. The number of carboxylic acids is 1. The summed E-state index contributed by atoms with van der Waals surface area (Å²) in [5.74, 6) is -1.18. The molecule has 1 saturated heterocycles. The normalized spacial score (nSPS) is 36.8. The van der Waals surface area contributed by atoms with Crippen LogP contribution in [0.15, 0.2) is 12.2 Å². The van der Waals surface area contributed by atoms with Gasteiger partial charge in [0.1, 0.15) is 6.04 Å². The fraction of sp³-hybridized carbons (Fsp3) is 0.800. The molecular formula is C15H25NO4S. The van der Waals surface area contributed by atoms with Crippen LogP contribution in [0.25, 0.3) is 0 Å². The predicted molar refractivity (Wildman–Crippen MR) is 81.4 cm³/mol. The summed E-state index contributed by atoms with van der Waals surface area (Å²) in [5.41, 5.74) is -0.202. The van der Waals surface area contributed by atoms with Crippen molar-refractivity contribution < 1.29 is 18.3 Å². The molecule has 0 bridgehead atoms. The molecule has 1 fully saturated rings. The minimum Gasteiger partial charge on any atom is -0.480 e. The number of sulfonamides is 1. The zero-order chi connectivity index (χ0) is 16.1. The number of nitrogens with zero attached hydrogens (tertiary/aromatic N) is 1. The molecule has 3 atom stereocenters. The summed E-state index contributed by atoms with van der Waals surface area (Å²) in [6.07, 6.45) is 5.53. The highest BCUT2D eigenvalue weighted by molar-refractivity contribution is 7.90. The van der Waals surface area contributed by atoms with E-state index in [1.165, 1.54) is 4.31 Å². The van der Waals surface area contributed by atoms with E-state index in [1.807, 2.05) is 26.8 Å². The van der Waals surface area contributed by atoms with Gasteiger partial charge in [-0.1, -0.05) is 32.9 Å². The second-order valence-electron chi connectivity index (χ2n) is 7.24. The summed E-state index contributed by atoms with van der Waals surface area (Å²) in [6, 6.07) is -0.909. The highest BCUT2D eigenvalue weighted by Gasteiger charge is 2.53. The van der Waals surface area contributed by atoms with Gasteiger partial charge in [0.05, 0.1) is 4.75 Å². The number of rotatable bonds is 3. The Labute approximate surface area is 127 Å². The monoisotopic (exact) mass is 315 g/mol. The Hall–Kier alpha value is -0.880. The van der Waals surface area contributed by atoms with E-state index in [0.29, 0.717) is 25.8 Å². The van der Waals surface area contributed by atoms with Crippen LogP contribution in [0.3, 0.4) is 0 Å². The summed E-state index contributed by atoms with van der Waals surface area (Å²) in [4.78, 5) is 11.3. The van der Waals surface area contributed by atoms with Gasteiger partial charge in [-0.2, -0.15) is 4.31 Å². The van der Waals surface area contributed by atoms with E-state index in [2.05, 4.69) is 6.08 Å². The number of aliphatic carboxylic acids is 1. The van der Waals surface area contributed by atoms with Gasteiger partial charge in [0.2, 0.25) is 10.0 Å². The maximum atomic E-state index is 13.2. The molecule has 1 aliphatic carbocycles. The smallest absolute Gasteiger partial charge is 0.322 e. The Morgan fingerprint density at radius 2 is 1.95 bits per heavy atom. The maximum Gasteiger partial charge on any atom is 0.322 e. The third kappa shape index (κ3) is 2.63. The van der Waals surface area contributed by atoms with E-state index in [-0.39, 0.29) is 11.3 Å². The summed E-state index contributed by atoms with van der Waals surface area (Å²) >= 11 is 0. The molecule has 1 N–H and O–H groups in total. The van der Waals surface area contributed by atoms with E-state index in [1.54, 1.807) is 6.92 Å². The number of allylic oxidation sites excluding steroid dienone is 2. The number of carboxylic acid groups (broad SMARTS) is 1. The van der Waals surface area contributed by atoms with E-state index in [0.717, 1.165) is 0 Å². The van der Waals surface area contributed by atoms with Crippen molar-refractivity contribution in [1.82, 2.24) is 4.31 Å². The number of hydrogen-bond acceptors (Lipinski definition) is 3. The Kier molecular flexibility index (Phi) is 4.00. The molecular weight excluding hydrogens is 290 g/mol. The molecule has 1 aliphatic heterocycles. The molecule has 2 aliphatic rings. The minimum atomic E-state index is -3.67. The van der Waals surface area contributed by atoms with Gasteiger partial charge in [-0.15, -0.1) is 0 Å². The lowest BCUT2D eigenvalue weighted by Gasteiger charge is -2.45. The highest BCUT2D eigenvalue weighted by atomic mass is 32.2. The first kappa shape index (κ1) is 16.5. The van der Waals surface area contributed by atoms with Crippen LogP contribution in [-0.4, -0.2) is 41.1 Å². The van der Waals surface area contributed by atoms with Gasteiger partial charge in [-0.3, -0.25) is 4.79 Å². The molecule has 0 amide bonds. The zero-order valence-corrected chi connectivity index (χ0v) is 14.0. The van der Waals surface area contributed by atoms with Crippen molar-refractivity contribution in [2.75, 3.05) is 6.54 Å². The summed E-state index contributed by atoms with van der Waals surface area (Å²) in [5, 5.41) is 9.28. The van der Waals surface area contributed by atoms with Gasteiger partial charge in [0.25, 0.3) is 0 Å². The summed E-state index contributed by atoms with van der Waals surface area (Å²) < 4.78 is 26.6. The average molecular weight is 315 g/mol. The second kappa shape index (κ2) is 5.09. The van der Waals surface area contributed by atoms with Crippen molar-refractivity contribution >= 4 is 16.0 Å². The molecule has 2 unspecified atom stereocenters. The SMILES string of the molecule is CC1C=CC(C)(C)CC1(C)S(=O)(=O)N1CCC[C@@H]1C(=O)O. The van der Waals surface area contributed by atoms with Gasteiger partial charge < -0.3 is 5.11 Å². The molecule has 5 nitrogen and oxygen atoms in total. The van der Waals surface area contributed by atoms with E-state index < -0.39 is 26.8 Å². The Bertz CT molecular complexity index is 566. The molecule has 0 aromatic carbocycles. The second-order valence-corrected chi connectivity index (χ2v) is 9.59. The van der Waals surface area contributed by atoms with Crippen LogP contribution < -0.4 is 0 Å². The Morgan fingerprint density at radius 3 is 2.52 bits per heavy atom. The highest BCUT2D eigenvalue weighted by Crippen LogP contribution is 2.46. The van der Waals surface area contributed by atoms with Crippen molar-refractivity contribution in [1.29, 1.82) is 0 Å². The first-order valence-corrected chi connectivity index (χ1v) is 8.89. The van der Waals surface area contributed by atoms with Gasteiger partial charge in [-0.05, 0) is 37.5 Å². The quantitative estimate of drug-likeness (QED) is 0.811. The first-order chi connectivity index (χ1) is 9.51. The third-order valence-electron chi connectivity index (χ3n) is 4.99. The molecule has 21 heavy (non-hydrogen) atoms. The largest absolute Gasteiger partial charge is 0.480 e. The molecule has 0 spiro atoms. The molecule has 2 rings (SSSR count). The van der Waals surface area contributed by atoms with Crippen LogP contribution in [0.1, 0.15) is 47.0 Å². The minimum absolute atomic E-state index is 0.134. The molecule has 0 saturated carbocycles. The van der Waals surface area contributed by atoms with Crippen LogP contribution >= 0.6 is 0 Å².